The third-order valence-corrected chi connectivity index (χ3v) is 0.353. The fourth-order valence-electron chi connectivity index (χ4n) is 0.155. The van der Waals surface area contributed by atoms with Crippen LogP contribution in [-0.4, -0.2) is 23.7 Å². The molecule has 5 heteroatoms. The number of ether oxygens (including phenoxy) is 1. The van der Waals surface area contributed by atoms with Gasteiger partial charge in [-0.3, -0.25) is 5.41 Å². The van der Waals surface area contributed by atoms with E-state index in [0.717, 1.165) is 0 Å². The van der Waals surface area contributed by atoms with Gasteiger partial charge in [0.05, 0.1) is 0 Å². The first-order valence-electron chi connectivity index (χ1n) is 1.82. The van der Waals surface area contributed by atoms with E-state index in [1.807, 2.05) is 0 Å². The first kappa shape index (κ1) is 6.90. The Morgan fingerprint density at radius 2 is 2.38 bits per heavy atom. The lowest BCUT2D eigenvalue weighted by atomic mass is 10.7. The minimum Gasteiger partial charge on any atom is -0.391 e. The largest absolute Gasteiger partial charge is 0.391 e. The Labute approximate surface area is 45.6 Å². The van der Waals surface area contributed by atoms with Gasteiger partial charge in [-0.25, -0.2) is 4.79 Å². The highest BCUT2D eigenvalue weighted by Gasteiger charge is 1.98. The molecule has 0 aromatic heterocycles. The normalized spacial score (nSPS) is 8.12. The van der Waals surface area contributed by atoms with Crippen LogP contribution in [0.1, 0.15) is 0 Å². The van der Waals surface area contributed by atoms with Crippen LogP contribution in [0.3, 0.4) is 0 Å². The topological polar surface area (TPSA) is 96.4 Å². The van der Waals surface area contributed by atoms with Gasteiger partial charge in [0.1, 0.15) is 6.61 Å². The number of carbonyl (C=O) groups is 1. The molecule has 0 aromatic carbocycles. The molecule has 0 spiro atoms. The van der Waals surface area contributed by atoms with E-state index in [-0.39, 0.29) is 0 Å². The fraction of sp³-hybridized carbons (Fsp3) is 0.333. The van der Waals surface area contributed by atoms with Gasteiger partial charge in [-0.15, -0.1) is 0 Å². The van der Waals surface area contributed by atoms with Gasteiger partial charge in [0.25, 0.3) is 6.02 Å². The van der Waals surface area contributed by atoms with E-state index >= 15 is 0 Å². The summed E-state index contributed by atoms with van der Waals surface area (Å²) in [5, 5.41) is 14.3. The van der Waals surface area contributed by atoms with Crippen molar-refractivity contribution < 1.29 is 14.6 Å². The summed E-state index contributed by atoms with van der Waals surface area (Å²) in [4.78, 5) is 9.93. The Kier molecular flexibility index (Phi) is 2.57. The molecule has 0 bridgehead atoms. The van der Waals surface area contributed by atoms with Gasteiger partial charge < -0.3 is 15.6 Å². The maximum Gasteiger partial charge on any atom is 0.339 e. The molecule has 0 rings (SSSR count). The molecule has 0 unspecified atom stereocenters. The molecule has 4 N–H and O–H groups in total. The number of nitrogens with two attached hydrogens (primary N) is 1. The highest BCUT2D eigenvalue weighted by molar-refractivity contribution is 5.85. The molecular formula is C3H6N2O3. The van der Waals surface area contributed by atoms with Crippen molar-refractivity contribution >= 4 is 12.0 Å². The average Bonchev–Trinajstić information content (AvgIpc) is 1.65. The summed E-state index contributed by atoms with van der Waals surface area (Å²) >= 11 is 0. The summed E-state index contributed by atoms with van der Waals surface area (Å²) in [7, 11) is 0. The SMILES string of the molecule is N=C(N)OC(=O)CO. The van der Waals surface area contributed by atoms with Crippen LogP contribution in [0.25, 0.3) is 0 Å². The van der Waals surface area contributed by atoms with Crippen LogP contribution in [0.5, 0.6) is 0 Å². The van der Waals surface area contributed by atoms with Crippen LogP contribution in [0.4, 0.5) is 0 Å². The van der Waals surface area contributed by atoms with E-state index in [2.05, 4.69) is 10.5 Å². The molecule has 0 saturated carbocycles. The zero-order valence-electron chi connectivity index (χ0n) is 4.05. The predicted octanol–water partition coefficient (Wildman–Crippen LogP) is -1.58. The Balaban J connectivity index is 3.40. The molecule has 46 valence electrons. The van der Waals surface area contributed by atoms with E-state index in [1.54, 1.807) is 0 Å². The van der Waals surface area contributed by atoms with Crippen molar-refractivity contribution in [3.8, 4) is 0 Å². The molecule has 0 saturated heterocycles. The lowest BCUT2D eigenvalue weighted by Gasteiger charge is -1.94. The van der Waals surface area contributed by atoms with Gasteiger partial charge in [-0.05, 0) is 0 Å². The van der Waals surface area contributed by atoms with Crippen LogP contribution in [0, 0.1) is 5.41 Å². The molecule has 0 atom stereocenters. The van der Waals surface area contributed by atoms with Crippen LogP contribution < -0.4 is 5.73 Å². The maximum absolute atomic E-state index is 9.93. The Morgan fingerprint density at radius 1 is 1.88 bits per heavy atom. The second-order valence-electron chi connectivity index (χ2n) is 0.996. The van der Waals surface area contributed by atoms with Crippen LogP contribution in [0.15, 0.2) is 0 Å². The van der Waals surface area contributed by atoms with E-state index in [4.69, 9.17) is 10.5 Å². The standard InChI is InChI=1S/C3H6N2O3/c4-3(5)8-2(7)1-6/h6H,1H2,(H3,4,5). The zero-order valence-corrected chi connectivity index (χ0v) is 4.05. The number of aliphatic hydroxyl groups excluding tert-OH is 1. The summed E-state index contributed by atoms with van der Waals surface area (Å²) in [6.07, 6.45) is 0. The van der Waals surface area contributed by atoms with Crippen LogP contribution in [-0.2, 0) is 9.53 Å². The molecule has 0 fully saturated rings. The lowest BCUT2D eigenvalue weighted by molar-refractivity contribution is -0.138. The van der Waals surface area contributed by atoms with Crippen LogP contribution in [0.2, 0.25) is 0 Å². The molecule has 0 radical (unpaired) electrons. The number of carbonyl (C=O) groups excluding carboxylic acids is 1. The fourth-order valence-corrected chi connectivity index (χ4v) is 0.155. The quantitative estimate of drug-likeness (QED) is 0.220. The van der Waals surface area contributed by atoms with Crippen LogP contribution >= 0.6 is 0 Å². The number of rotatable bonds is 1. The van der Waals surface area contributed by atoms with E-state index in [0.29, 0.717) is 0 Å². The molecule has 5 nitrogen and oxygen atoms in total. The van der Waals surface area contributed by atoms with Gasteiger partial charge in [-0.2, -0.15) is 0 Å². The summed E-state index contributed by atoms with van der Waals surface area (Å²) < 4.78 is 3.87. The summed E-state index contributed by atoms with van der Waals surface area (Å²) in [5.74, 6) is -0.919. The highest BCUT2D eigenvalue weighted by Crippen LogP contribution is 1.71. The first-order valence-corrected chi connectivity index (χ1v) is 1.82. The molecule has 8 heavy (non-hydrogen) atoms. The minimum absolute atomic E-state index is 0.705. The van der Waals surface area contributed by atoms with Crippen molar-refractivity contribution in [3.05, 3.63) is 0 Å². The summed E-state index contributed by atoms with van der Waals surface area (Å²) in [6, 6.07) is -0.705. The number of hydrogen-bond donors (Lipinski definition) is 3. The summed E-state index contributed by atoms with van der Waals surface area (Å²) in [6.45, 7) is -0.750. The number of esters is 1. The first-order chi connectivity index (χ1) is 3.66. The minimum atomic E-state index is -0.919. The van der Waals surface area contributed by atoms with Crippen molar-refractivity contribution in [2.45, 2.75) is 0 Å². The maximum atomic E-state index is 9.93. The van der Waals surface area contributed by atoms with Gasteiger partial charge in [0.15, 0.2) is 0 Å². The molecule has 0 aliphatic heterocycles. The van der Waals surface area contributed by atoms with Crippen molar-refractivity contribution in [2.24, 2.45) is 5.73 Å². The predicted molar refractivity (Wildman–Crippen MR) is 25.1 cm³/mol. The zero-order chi connectivity index (χ0) is 6.57. The molecule has 0 heterocycles. The average molecular weight is 118 g/mol. The van der Waals surface area contributed by atoms with Crippen molar-refractivity contribution in [2.75, 3.05) is 6.61 Å². The van der Waals surface area contributed by atoms with Crippen molar-refractivity contribution in [1.82, 2.24) is 0 Å². The number of hydrogen-bond acceptors (Lipinski definition) is 4. The third-order valence-electron chi connectivity index (χ3n) is 0.353. The molecular weight excluding hydrogens is 112 g/mol. The second kappa shape index (κ2) is 2.98. The third kappa shape index (κ3) is 3.10. The molecule has 0 amide bonds. The van der Waals surface area contributed by atoms with Gasteiger partial charge in [0.2, 0.25) is 0 Å². The number of aliphatic hydroxyl groups is 1. The van der Waals surface area contributed by atoms with Crippen molar-refractivity contribution in [3.63, 3.8) is 0 Å². The Morgan fingerprint density at radius 3 is 2.50 bits per heavy atom. The highest BCUT2D eigenvalue weighted by atomic mass is 16.6. The number of amidine groups is 1. The lowest BCUT2D eigenvalue weighted by Crippen LogP contribution is -2.21. The second-order valence-corrected chi connectivity index (χ2v) is 0.996. The van der Waals surface area contributed by atoms with Crippen molar-refractivity contribution in [1.29, 1.82) is 5.41 Å². The summed E-state index contributed by atoms with van der Waals surface area (Å²) in [5.41, 5.74) is 4.60. The van der Waals surface area contributed by atoms with Gasteiger partial charge in [-0.1, -0.05) is 0 Å². The Bertz CT molecular complexity index is 111. The van der Waals surface area contributed by atoms with Gasteiger partial charge in [0, 0.05) is 0 Å². The molecule has 0 aromatic rings. The molecule has 0 aliphatic carbocycles. The number of nitrogens with one attached hydrogen (secondary N) is 1. The van der Waals surface area contributed by atoms with E-state index in [1.165, 1.54) is 0 Å². The van der Waals surface area contributed by atoms with E-state index < -0.39 is 18.6 Å². The Hall–Kier alpha value is -1.10. The monoisotopic (exact) mass is 118 g/mol. The van der Waals surface area contributed by atoms with Gasteiger partial charge >= 0.3 is 5.97 Å². The molecule has 0 aliphatic rings. The van der Waals surface area contributed by atoms with E-state index in [9.17, 15) is 4.79 Å². The smallest absolute Gasteiger partial charge is 0.339 e.